The largest absolute Gasteiger partial charge is 0.501 e. The fourth-order valence-electron chi connectivity index (χ4n) is 2.66. The van der Waals surface area contributed by atoms with Crippen LogP contribution < -0.4 is 0 Å². The molecule has 178 valence electrons. The van der Waals surface area contributed by atoms with Gasteiger partial charge in [0.1, 0.15) is 0 Å². The summed E-state index contributed by atoms with van der Waals surface area (Å²) in [5.74, 6) is 0. The fourth-order valence-corrected chi connectivity index (χ4v) is 7.12. The van der Waals surface area contributed by atoms with E-state index in [2.05, 4.69) is 48.5 Å². The molecule has 0 radical (unpaired) electrons. The summed E-state index contributed by atoms with van der Waals surface area (Å²) >= 11 is 0. The van der Waals surface area contributed by atoms with Crippen molar-refractivity contribution in [1.29, 1.82) is 0 Å². The third-order valence-corrected chi connectivity index (χ3v) is 8.76. The van der Waals surface area contributed by atoms with E-state index >= 15 is 0 Å². The Kier molecular flexibility index (Phi) is 21.8. The molecule has 0 aromatic heterocycles. The van der Waals surface area contributed by atoms with E-state index in [9.17, 15) is 0 Å². The van der Waals surface area contributed by atoms with Gasteiger partial charge in [-0.15, -0.1) is 0 Å². The molecule has 0 unspecified atom stereocenters. The minimum Gasteiger partial charge on any atom is -0.376 e. The Morgan fingerprint density at radius 3 is 1.24 bits per heavy atom. The van der Waals surface area contributed by atoms with E-state index in [-0.39, 0.29) is 18.3 Å². The van der Waals surface area contributed by atoms with Crippen LogP contribution in [0.5, 0.6) is 0 Å². The summed E-state index contributed by atoms with van der Waals surface area (Å²) in [5, 5.41) is 0. The molecule has 6 nitrogen and oxygen atoms in total. The second-order valence-corrected chi connectivity index (χ2v) is 11.8. The number of hydrogen-bond acceptors (Lipinski definition) is 6. The van der Waals surface area contributed by atoms with Gasteiger partial charge in [0.05, 0.1) is 0 Å². The first-order chi connectivity index (χ1) is 13.7. The van der Waals surface area contributed by atoms with Crippen LogP contribution in [0.2, 0.25) is 6.04 Å². The molecule has 0 rings (SSSR count). The molecular formula is C21H50O6Si2. The Balaban J connectivity index is 0. The normalized spacial score (nSPS) is 12.2. The first-order valence-corrected chi connectivity index (χ1v) is 14.9. The molecule has 0 aromatic carbocycles. The SMILES string of the molecule is CCCCCC[Si](OC(C)C)(OC(C)C)OC(C)C.CCO[SiH](OCC)OCC. The van der Waals surface area contributed by atoms with Crippen molar-refractivity contribution in [3.8, 4) is 0 Å². The summed E-state index contributed by atoms with van der Waals surface area (Å²) in [5.41, 5.74) is 0. The minimum absolute atomic E-state index is 0.148. The Hall–Kier alpha value is 0.194. The van der Waals surface area contributed by atoms with Crippen molar-refractivity contribution in [3.05, 3.63) is 0 Å². The van der Waals surface area contributed by atoms with Crippen molar-refractivity contribution in [1.82, 2.24) is 0 Å². The highest BCUT2D eigenvalue weighted by atomic mass is 28.4. The third kappa shape index (κ3) is 19.9. The van der Waals surface area contributed by atoms with Gasteiger partial charge in [-0.3, -0.25) is 0 Å². The second kappa shape index (κ2) is 20.1. The maximum Gasteiger partial charge on any atom is 0.501 e. The van der Waals surface area contributed by atoms with Gasteiger partial charge >= 0.3 is 18.3 Å². The molecule has 0 bridgehead atoms. The molecular weight excluding hydrogens is 404 g/mol. The van der Waals surface area contributed by atoms with Crippen molar-refractivity contribution in [2.75, 3.05) is 19.8 Å². The van der Waals surface area contributed by atoms with Crippen LogP contribution in [0.3, 0.4) is 0 Å². The topological polar surface area (TPSA) is 55.4 Å². The van der Waals surface area contributed by atoms with Gasteiger partial charge in [-0.05, 0) is 68.7 Å². The molecule has 0 aromatic rings. The molecule has 0 atom stereocenters. The Morgan fingerprint density at radius 2 is 0.966 bits per heavy atom. The first kappa shape index (κ1) is 31.4. The Morgan fingerprint density at radius 1 is 0.586 bits per heavy atom. The van der Waals surface area contributed by atoms with E-state index in [1.165, 1.54) is 19.3 Å². The van der Waals surface area contributed by atoms with E-state index < -0.39 is 18.3 Å². The quantitative estimate of drug-likeness (QED) is 0.211. The summed E-state index contributed by atoms with van der Waals surface area (Å²) in [4.78, 5) is 0. The summed E-state index contributed by atoms with van der Waals surface area (Å²) < 4.78 is 34.1. The average molecular weight is 455 g/mol. The van der Waals surface area contributed by atoms with Crippen LogP contribution in [-0.4, -0.2) is 56.5 Å². The predicted octanol–water partition coefficient (Wildman–Crippen LogP) is 5.59. The summed E-state index contributed by atoms with van der Waals surface area (Å²) in [6, 6.07) is 0.932. The number of rotatable bonds is 17. The standard InChI is InChI=1S/C15H34O3Si.C6H16O3Si/c1-8-9-10-11-12-19(16-13(2)3,17-14(4)5)18-15(6)7;1-4-7-10(8-5-2)9-6-3/h13-15H,8-12H2,1-7H3;10H,4-6H2,1-3H3. The van der Waals surface area contributed by atoms with E-state index in [0.717, 1.165) is 12.5 Å². The molecule has 0 aliphatic rings. The van der Waals surface area contributed by atoms with E-state index in [4.69, 9.17) is 26.6 Å². The van der Waals surface area contributed by atoms with Crippen LogP contribution in [0.4, 0.5) is 0 Å². The molecule has 0 aliphatic heterocycles. The number of unbranched alkanes of at least 4 members (excludes halogenated alkanes) is 3. The van der Waals surface area contributed by atoms with Crippen molar-refractivity contribution in [3.63, 3.8) is 0 Å². The maximum atomic E-state index is 6.13. The summed E-state index contributed by atoms with van der Waals surface area (Å²) in [6.45, 7) is 22.4. The molecule has 0 amide bonds. The minimum atomic E-state index is -2.53. The lowest BCUT2D eigenvalue weighted by molar-refractivity contribution is 0.00277. The zero-order chi connectivity index (χ0) is 22.7. The zero-order valence-corrected chi connectivity index (χ0v) is 23.1. The molecule has 0 aliphatic carbocycles. The predicted molar refractivity (Wildman–Crippen MR) is 125 cm³/mol. The van der Waals surface area contributed by atoms with Crippen molar-refractivity contribution in [2.45, 2.75) is 119 Å². The molecule has 0 spiro atoms. The van der Waals surface area contributed by atoms with Gasteiger partial charge in [0.25, 0.3) is 0 Å². The molecule has 0 N–H and O–H groups in total. The molecule has 0 fully saturated rings. The lowest BCUT2D eigenvalue weighted by atomic mass is 10.2. The molecule has 29 heavy (non-hydrogen) atoms. The smallest absolute Gasteiger partial charge is 0.376 e. The molecule has 0 saturated carbocycles. The van der Waals surface area contributed by atoms with E-state index in [0.29, 0.717) is 19.8 Å². The van der Waals surface area contributed by atoms with Crippen LogP contribution >= 0.6 is 0 Å². The van der Waals surface area contributed by atoms with Crippen molar-refractivity contribution < 1.29 is 26.6 Å². The van der Waals surface area contributed by atoms with Gasteiger partial charge in [-0.2, -0.15) is 0 Å². The highest BCUT2D eigenvalue weighted by Gasteiger charge is 2.43. The van der Waals surface area contributed by atoms with Gasteiger partial charge in [-0.25, -0.2) is 0 Å². The maximum absolute atomic E-state index is 6.13. The highest BCUT2D eigenvalue weighted by Crippen LogP contribution is 2.25. The molecule has 8 heteroatoms. The van der Waals surface area contributed by atoms with Crippen LogP contribution in [0.25, 0.3) is 0 Å². The molecule has 0 saturated heterocycles. The third-order valence-electron chi connectivity index (χ3n) is 3.49. The summed E-state index contributed by atoms with van der Waals surface area (Å²) in [6.07, 6.45) is 5.33. The van der Waals surface area contributed by atoms with Gasteiger partial charge in [-0.1, -0.05) is 26.2 Å². The summed E-state index contributed by atoms with van der Waals surface area (Å²) in [7, 11) is -4.27. The molecule has 0 heterocycles. The van der Waals surface area contributed by atoms with Gasteiger partial charge < -0.3 is 26.6 Å². The fraction of sp³-hybridized carbons (Fsp3) is 1.00. The van der Waals surface area contributed by atoms with E-state index in [1.807, 2.05) is 20.8 Å². The Labute approximate surface area is 184 Å². The van der Waals surface area contributed by atoms with Crippen LogP contribution in [0.15, 0.2) is 0 Å². The first-order valence-electron chi connectivity index (χ1n) is 11.5. The monoisotopic (exact) mass is 454 g/mol. The van der Waals surface area contributed by atoms with Crippen molar-refractivity contribution >= 4 is 18.3 Å². The van der Waals surface area contributed by atoms with Gasteiger partial charge in [0, 0.05) is 44.2 Å². The highest BCUT2D eigenvalue weighted by molar-refractivity contribution is 6.60. The van der Waals surface area contributed by atoms with Gasteiger partial charge in [0.15, 0.2) is 0 Å². The van der Waals surface area contributed by atoms with Crippen molar-refractivity contribution in [2.24, 2.45) is 0 Å². The van der Waals surface area contributed by atoms with Crippen LogP contribution in [0, 0.1) is 0 Å². The van der Waals surface area contributed by atoms with Crippen LogP contribution in [0.1, 0.15) is 94.9 Å². The Bertz CT molecular complexity index is 302. The lowest BCUT2D eigenvalue weighted by Crippen LogP contribution is -2.50. The van der Waals surface area contributed by atoms with Gasteiger partial charge in [0.2, 0.25) is 0 Å². The average Bonchev–Trinajstić information content (AvgIpc) is 2.58. The lowest BCUT2D eigenvalue weighted by Gasteiger charge is -2.34. The zero-order valence-electron chi connectivity index (χ0n) is 20.9. The van der Waals surface area contributed by atoms with Crippen LogP contribution in [-0.2, 0) is 26.6 Å². The van der Waals surface area contributed by atoms with E-state index in [1.54, 1.807) is 0 Å². The second-order valence-electron chi connectivity index (χ2n) is 7.65. The number of hydrogen-bond donors (Lipinski definition) is 0.